The number of rotatable bonds is 10. The van der Waals surface area contributed by atoms with Gasteiger partial charge in [0.05, 0.1) is 10.8 Å². The van der Waals surface area contributed by atoms with Crippen molar-refractivity contribution in [2.75, 3.05) is 26.2 Å². The molecule has 1 spiro atoms. The van der Waals surface area contributed by atoms with E-state index in [0.717, 1.165) is 36.0 Å². The molecule has 10 heteroatoms. The third kappa shape index (κ3) is 6.20. The van der Waals surface area contributed by atoms with Gasteiger partial charge in [0.1, 0.15) is 0 Å². The standard InChI is InChI=1S/C30H39N3O5S2/c1-2-39(35,36)31-22-26-11-8-19-33(26)40(37,38)27-14-12-25(13-15-27)28(21-24-9-4-3-5-10-24)29(34)32-20-18-30(23-32)16-6-7-17-30/h2-5,9-10,12-15,26,28,31H,1,6-8,11,16-23H2/t26-,28?/m0/s1. The molecule has 40 heavy (non-hydrogen) atoms. The summed E-state index contributed by atoms with van der Waals surface area (Å²) < 4.78 is 54.5. The summed E-state index contributed by atoms with van der Waals surface area (Å²) >= 11 is 0. The predicted molar refractivity (Wildman–Crippen MR) is 155 cm³/mol. The Labute approximate surface area is 238 Å². The van der Waals surface area contributed by atoms with Crippen LogP contribution in [0.2, 0.25) is 0 Å². The van der Waals surface area contributed by atoms with Gasteiger partial charge in [-0.25, -0.2) is 21.6 Å². The third-order valence-electron chi connectivity index (χ3n) is 8.95. The first-order chi connectivity index (χ1) is 19.1. The summed E-state index contributed by atoms with van der Waals surface area (Å²) in [7, 11) is -7.49. The van der Waals surface area contributed by atoms with Crippen molar-refractivity contribution in [3.63, 3.8) is 0 Å². The van der Waals surface area contributed by atoms with Crippen LogP contribution in [0.15, 0.2) is 71.5 Å². The maximum absolute atomic E-state index is 13.9. The van der Waals surface area contributed by atoms with E-state index in [4.69, 9.17) is 0 Å². The molecule has 1 N–H and O–H groups in total. The van der Waals surface area contributed by atoms with Gasteiger partial charge in [-0.1, -0.05) is 61.9 Å². The molecule has 3 fully saturated rings. The van der Waals surface area contributed by atoms with Crippen LogP contribution in [0.5, 0.6) is 0 Å². The van der Waals surface area contributed by atoms with Gasteiger partial charge in [0, 0.05) is 37.6 Å². The number of carbonyl (C=O) groups is 1. The summed E-state index contributed by atoms with van der Waals surface area (Å²) in [6.45, 7) is 5.21. The minimum absolute atomic E-state index is 0.00333. The largest absolute Gasteiger partial charge is 0.342 e. The lowest BCUT2D eigenvalue weighted by atomic mass is 9.85. The Morgan fingerprint density at radius 1 is 0.975 bits per heavy atom. The number of benzene rings is 2. The molecule has 1 aliphatic carbocycles. The quantitative estimate of drug-likeness (QED) is 0.454. The third-order valence-corrected chi connectivity index (χ3v) is 11.9. The Hall–Kier alpha value is -2.53. The fraction of sp³-hybridized carbons (Fsp3) is 0.500. The molecule has 3 aliphatic rings. The number of nitrogens with zero attached hydrogens (tertiary/aromatic N) is 2. The summed E-state index contributed by atoms with van der Waals surface area (Å²) in [4.78, 5) is 16.1. The van der Waals surface area contributed by atoms with Crippen LogP contribution in [0.3, 0.4) is 0 Å². The Morgan fingerprint density at radius 2 is 1.68 bits per heavy atom. The SMILES string of the molecule is C=CS(=O)(=O)NC[C@@H]1CCCN1S(=O)(=O)c1ccc(C(Cc2ccccc2)C(=O)N2CCC3(CCCC3)C2)cc1. The molecular weight excluding hydrogens is 546 g/mol. The van der Waals surface area contributed by atoms with Crippen molar-refractivity contribution in [2.45, 2.75) is 68.2 Å². The molecule has 1 saturated carbocycles. The summed E-state index contributed by atoms with van der Waals surface area (Å²) in [5, 5.41) is 0.822. The highest BCUT2D eigenvalue weighted by molar-refractivity contribution is 7.92. The van der Waals surface area contributed by atoms with Crippen LogP contribution >= 0.6 is 0 Å². The molecule has 8 nitrogen and oxygen atoms in total. The smallest absolute Gasteiger partial charge is 0.243 e. The van der Waals surface area contributed by atoms with Crippen molar-refractivity contribution in [1.29, 1.82) is 0 Å². The summed E-state index contributed by atoms with van der Waals surface area (Å²) in [6, 6.07) is 16.2. The second kappa shape index (κ2) is 11.8. The fourth-order valence-corrected chi connectivity index (χ4v) is 8.92. The van der Waals surface area contributed by atoms with E-state index in [9.17, 15) is 21.6 Å². The molecule has 2 saturated heterocycles. The minimum atomic E-state index is -3.84. The zero-order valence-electron chi connectivity index (χ0n) is 22.9. The number of likely N-dealkylation sites (tertiary alicyclic amines) is 1. The zero-order valence-corrected chi connectivity index (χ0v) is 24.5. The Balaban J connectivity index is 1.36. The lowest BCUT2D eigenvalue weighted by molar-refractivity contribution is -0.132. The first-order valence-corrected chi connectivity index (χ1v) is 17.2. The normalized spacial score (nSPS) is 22.1. The van der Waals surface area contributed by atoms with Crippen LogP contribution < -0.4 is 4.72 Å². The van der Waals surface area contributed by atoms with Crippen LogP contribution in [0.25, 0.3) is 0 Å². The van der Waals surface area contributed by atoms with E-state index < -0.39 is 32.0 Å². The summed E-state index contributed by atoms with van der Waals surface area (Å²) in [6.07, 6.45) is 7.71. The van der Waals surface area contributed by atoms with E-state index in [-0.39, 0.29) is 22.8 Å². The molecule has 2 aromatic carbocycles. The highest BCUT2D eigenvalue weighted by atomic mass is 32.2. The first-order valence-electron chi connectivity index (χ1n) is 14.2. The van der Waals surface area contributed by atoms with Crippen molar-refractivity contribution in [3.05, 3.63) is 77.7 Å². The van der Waals surface area contributed by atoms with Gasteiger partial charge in [0.2, 0.25) is 26.0 Å². The average Bonchev–Trinajstić information content (AvgIpc) is 3.73. The van der Waals surface area contributed by atoms with Crippen molar-refractivity contribution >= 4 is 26.0 Å². The minimum Gasteiger partial charge on any atom is -0.342 e. The van der Waals surface area contributed by atoms with E-state index in [1.165, 1.54) is 30.0 Å². The Kier molecular flexibility index (Phi) is 8.52. The molecule has 2 aliphatic heterocycles. The van der Waals surface area contributed by atoms with Gasteiger partial charge in [-0.3, -0.25) is 4.79 Å². The second-order valence-corrected chi connectivity index (χ2v) is 15.1. The molecule has 1 amide bonds. The van der Waals surface area contributed by atoms with Crippen LogP contribution in [-0.2, 0) is 31.3 Å². The predicted octanol–water partition coefficient (Wildman–Crippen LogP) is 4.02. The van der Waals surface area contributed by atoms with E-state index in [1.54, 1.807) is 24.3 Å². The van der Waals surface area contributed by atoms with E-state index in [0.29, 0.717) is 25.8 Å². The maximum atomic E-state index is 13.9. The summed E-state index contributed by atoms with van der Waals surface area (Å²) in [5.74, 6) is -0.291. The number of nitrogens with one attached hydrogen (secondary N) is 1. The highest BCUT2D eigenvalue weighted by Crippen LogP contribution is 2.46. The van der Waals surface area contributed by atoms with Gasteiger partial charge >= 0.3 is 0 Å². The average molecular weight is 586 g/mol. The van der Waals surface area contributed by atoms with Gasteiger partial charge in [0.25, 0.3) is 0 Å². The molecule has 1 unspecified atom stereocenters. The number of amides is 1. The molecular formula is C30H39N3O5S2. The van der Waals surface area contributed by atoms with Gasteiger partial charge in [-0.2, -0.15) is 4.31 Å². The number of hydrogen-bond acceptors (Lipinski definition) is 5. The van der Waals surface area contributed by atoms with Gasteiger partial charge in [-0.05, 0) is 67.2 Å². The molecule has 0 aromatic heterocycles. The maximum Gasteiger partial charge on any atom is 0.243 e. The van der Waals surface area contributed by atoms with Gasteiger partial charge < -0.3 is 4.90 Å². The topological polar surface area (TPSA) is 104 Å². The Bertz CT molecular complexity index is 1420. The molecule has 2 aromatic rings. The molecule has 2 heterocycles. The van der Waals surface area contributed by atoms with Crippen molar-refractivity contribution in [2.24, 2.45) is 5.41 Å². The van der Waals surface area contributed by atoms with Crippen LogP contribution in [0.4, 0.5) is 0 Å². The Morgan fingerprint density at radius 3 is 2.35 bits per heavy atom. The second-order valence-electron chi connectivity index (χ2n) is 11.5. The van der Waals surface area contributed by atoms with E-state index in [1.807, 2.05) is 35.2 Å². The molecule has 5 rings (SSSR count). The van der Waals surface area contributed by atoms with Gasteiger partial charge in [0.15, 0.2) is 0 Å². The zero-order chi connectivity index (χ0) is 28.4. The van der Waals surface area contributed by atoms with E-state index in [2.05, 4.69) is 11.3 Å². The van der Waals surface area contributed by atoms with Gasteiger partial charge in [-0.15, -0.1) is 0 Å². The van der Waals surface area contributed by atoms with Crippen molar-refractivity contribution in [3.8, 4) is 0 Å². The first kappa shape index (κ1) is 29.0. The van der Waals surface area contributed by atoms with E-state index >= 15 is 0 Å². The monoisotopic (exact) mass is 585 g/mol. The van der Waals surface area contributed by atoms with Crippen LogP contribution in [0, 0.1) is 5.41 Å². The molecule has 216 valence electrons. The molecule has 2 atom stereocenters. The lowest BCUT2D eigenvalue weighted by Crippen LogP contribution is -2.42. The van der Waals surface area contributed by atoms with Crippen LogP contribution in [-0.4, -0.2) is 64.2 Å². The highest BCUT2D eigenvalue weighted by Gasteiger charge is 2.43. The number of carbonyl (C=O) groups excluding carboxylic acids is 1. The van der Waals surface area contributed by atoms with Crippen LogP contribution in [0.1, 0.15) is 62.0 Å². The van der Waals surface area contributed by atoms with Crippen molar-refractivity contribution in [1.82, 2.24) is 13.9 Å². The molecule has 0 radical (unpaired) electrons. The van der Waals surface area contributed by atoms with Crippen molar-refractivity contribution < 1.29 is 21.6 Å². The number of sulfonamides is 2. The number of hydrogen-bond donors (Lipinski definition) is 1. The lowest BCUT2D eigenvalue weighted by Gasteiger charge is -2.27. The fourth-order valence-electron chi connectivity index (χ4n) is 6.68. The molecule has 0 bridgehead atoms. The summed E-state index contributed by atoms with van der Waals surface area (Å²) in [5.41, 5.74) is 2.14.